The summed E-state index contributed by atoms with van der Waals surface area (Å²) in [6.07, 6.45) is 0. The van der Waals surface area contributed by atoms with E-state index in [1.54, 1.807) is 0 Å². The molecule has 0 saturated heterocycles. The first-order chi connectivity index (χ1) is 33.2. The van der Waals surface area contributed by atoms with Gasteiger partial charge in [-0.1, -0.05) is 192 Å². The van der Waals surface area contributed by atoms with Crippen molar-refractivity contribution in [1.82, 2.24) is 0 Å². The van der Waals surface area contributed by atoms with E-state index >= 15 is 0 Å². The van der Waals surface area contributed by atoms with Crippen molar-refractivity contribution >= 4 is 101 Å². The van der Waals surface area contributed by atoms with Crippen LogP contribution in [0.25, 0.3) is 54.6 Å². The Morgan fingerprint density at radius 3 is 1.23 bits per heavy atom. The van der Waals surface area contributed by atoms with E-state index in [0.717, 1.165) is 33.1 Å². The Balaban J connectivity index is 1.27. The Bertz CT molecular complexity index is 3540. The lowest BCUT2D eigenvalue weighted by molar-refractivity contribution is 0.568. The van der Waals surface area contributed by atoms with Crippen LogP contribution in [-0.4, -0.2) is 6.71 Å². The summed E-state index contributed by atoms with van der Waals surface area (Å²) in [5, 5.41) is 7.22. The van der Waals surface area contributed by atoms with Crippen molar-refractivity contribution in [2.24, 2.45) is 0 Å². The summed E-state index contributed by atoms with van der Waals surface area (Å²) in [6, 6.07) is 62.6. The summed E-state index contributed by atoms with van der Waals surface area (Å²) in [4.78, 5) is 5.30. The molecule has 2 aliphatic heterocycles. The third-order valence-corrected chi connectivity index (χ3v) is 15.4. The Hall–Kier alpha value is -7.04. The van der Waals surface area contributed by atoms with Crippen molar-refractivity contribution in [1.29, 1.82) is 0 Å². The van der Waals surface area contributed by atoms with Gasteiger partial charge in [-0.15, -0.1) is 0 Å². The fourth-order valence-electron chi connectivity index (χ4n) is 11.3. The molecule has 0 bridgehead atoms. The van der Waals surface area contributed by atoms with E-state index in [2.05, 4.69) is 257 Å². The predicted molar refractivity (Wildman–Crippen MR) is 303 cm³/mol. The molecule has 0 aliphatic carbocycles. The second kappa shape index (κ2) is 15.2. The Morgan fingerprint density at radius 2 is 0.771 bits per heavy atom. The molecule has 0 saturated carbocycles. The van der Waals surface area contributed by atoms with Crippen LogP contribution in [0.3, 0.4) is 0 Å². The second-order valence-corrected chi connectivity index (χ2v) is 24.3. The minimum Gasteiger partial charge on any atom is -0.456 e. The molecule has 3 heterocycles. The first-order valence-electron chi connectivity index (χ1n) is 25.3. The zero-order valence-corrected chi connectivity index (χ0v) is 43.0. The van der Waals surface area contributed by atoms with Crippen molar-refractivity contribution in [2.75, 3.05) is 9.80 Å². The van der Waals surface area contributed by atoms with Gasteiger partial charge in [0.2, 0.25) is 0 Å². The van der Waals surface area contributed by atoms with Crippen LogP contribution in [-0.2, 0) is 21.7 Å². The number of para-hydroxylation sites is 1. The fourth-order valence-corrected chi connectivity index (χ4v) is 11.3. The molecule has 10 aromatic rings. The van der Waals surface area contributed by atoms with E-state index in [1.807, 2.05) is 0 Å². The van der Waals surface area contributed by atoms with Gasteiger partial charge in [0.15, 0.2) is 0 Å². The van der Waals surface area contributed by atoms with Gasteiger partial charge in [-0.2, -0.15) is 0 Å². The number of anilines is 6. The van der Waals surface area contributed by atoms with E-state index < -0.39 is 0 Å². The van der Waals surface area contributed by atoms with Gasteiger partial charge in [0.05, 0.1) is 0 Å². The molecule has 70 heavy (non-hydrogen) atoms. The van der Waals surface area contributed by atoms with Gasteiger partial charge in [0.1, 0.15) is 11.2 Å². The molecule has 9 aromatic carbocycles. The van der Waals surface area contributed by atoms with Crippen molar-refractivity contribution in [3.05, 3.63) is 186 Å². The second-order valence-electron chi connectivity index (χ2n) is 24.3. The van der Waals surface area contributed by atoms with Crippen LogP contribution in [0.4, 0.5) is 34.1 Å². The zero-order chi connectivity index (χ0) is 48.8. The molecular weight excluding hydrogens is 848 g/mol. The van der Waals surface area contributed by atoms with E-state index in [-0.39, 0.29) is 28.4 Å². The highest BCUT2D eigenvalue weighted by atomic mass is 16.3. The molecule has 3 nitrogen and oxygen atoms in total. The van der Waals surface area contributed by atoms with Crippen molar-refractivity contribution in [3.63, 3.8) is 0 Å². The van der Waals surface area contributed by atoms with Gasteiger partial charge in [-0.3, -0.25) is 0 Å². The van der Waals surface area contributed by atoms with Crippen LogP contribution < -0.4 is 26.2 Å². The number of furan rings is 1. The van der Waals surface area contributed by atoms with Gasteiger partial charge < -0.3 is 14.2 Å². The van der Waals surface area contributed by atoms with Crippen molar-refractivity contribution in [3.8, 4) is 11.1 Å². The van der Waals surface area contributed by atoms with Crippen LogP contribution in [0.2, 0.25) is 0 Å². The molecule has 1 aromatic heterocycles. The Morgan fingerprint density at radius 1 is 0.357 bits per heavy atom. The SMILES string of the molecule is CC(C)(C)c1cc(N2c3cc(-c4ccc5c(c4)oc4ccccc45)cc4c3B(c3ccc5ccccc5c32)c2ccc3ccccc3c2N4c2cc(C(C)(C)C)cc(C(C)(C)C)c2)cc(C(C)(C)C)c1. The molecule has 4 heteroatoms. The number of hydrogen-bond acceptors (Lipinski definition) is 3. The molecule has 0 radical (unpaired) electrons. The lowest BCUT2D eigenvalue weighted by Crippen LogP contribution is -2.61. The normalized spacial score (nSPS) is 13.9. The monoisotopic (exact) mass is 911 g/mol. The highest BCUT2D eigenvalue weighted by Gasteiger charge is 2.45. The van der Waals surface area contributed by atoms with Gasteiger partial charge in [0, 0.05) is 55.7 Å². The topological polar surface area (TPSA) is 19.6 Å². The highest BCUT2D eigenvalue weighted by Crippen LogP contribution is 2.51. The van der Waals surface area contributed by atoms with Gasteiger partial charge >= 0.3 is 0 Å². The molecule has 0 spiro atoms. The van der Waals surface area contributed by atoms with Crippen molar-refractivity contribution in [2.45, 2.75) is 105 Å². The van der Waals surface area contributed by atoms with E-state index in [4.69, 9.17) is 4.42 Å². The van der Waals surface area contributed by atoms with Gasteiger partial charge in [0.25, 0.3) is 6.71 Å². The predicted octanol–water partition coefficient (Wildman–Crippen LogP) is 16.8. The van der Waals surface area contributed by atoms with Crippen LogP contribution in [0.5, 0.6) is 0 Å². The Labute approximate surface area is 414 Å². The maximum Gasteiger partial charge on any atom is 0.252 e. The van der Waals surface area contributed by atoms with Gasteiger partial charge in [-0.25, -0.2) is 0 Å². The van der Waals surface area contributed by atoms with E-state index in [1.165, 1.54) is 94.3 Å². The van der Waals surface area contributed by atoms with E-state index in [0.29, 0.717) is 0 Å². The molecular formula is C66H63BN2O. The summed E-state index contributed by atoms with van der Waals surface area (Å²) in [5.74, 6) is 0. The number of fused-ring (bicyclic) bond motifs is 11. The lowest BCUT2D eigenvalue weighted by atomic mass is 9.33. The number of rotatable bonds is 3. The first-order valence-corrected chi connectivity index (χ1v) is 25.3. The molecule has 0 unspecified atom stereocenters. The molecule has 2 aliphatic rings. The Kier molecular flexibility index (Phi) is 9.62. The third-order valence-electron chi connectivity index (χ3n) is 15.4. The summed E-state index contributed by atoms with van der Waals surface area (Å²) in [7, 11) is 0. The maximum absolute atomic E-state index is 6.64. The number of nitrogens with zero attached hydrogens (tertiary/aromatic N) is 2. The molecule has 346 valence electrons. The average molecular weight is 911 g/mol. The molecule has 0 N–H and O–H groups in total. The molecule has 0 amide bonds. The fraction of sp³-hybridized carbons (Fsp3) is 0.242. The van der Waals surface area contributed by atoms with Gasteiger partial charge in [-0.05, 0) is 137 Å². The summed E-state index contributed by atoms with van der Waals surface area (Å²) in [6.45, 7) is 28.1. The maximum atomic E-state index is 6.64. The molecule has 12 rings (SSSR count). The van der Waals surface area contributed by atoms with Crippen LogP contribution in [0.1, 0.15) is 105 Å². The largest absolute Gasteiger partial charge is 0.456 e. The third kappa shape index (κ3) is 7.00. The minimum atomic E-state index is -0.0845. The minimum absolute atomic E-state index is 0.0515. The highest BCUT2D eigenvalue weighted by molar-refractivity contribution is 7.00. The molecule has 0 atom stereocenters. The van der Waals surface area contributed by atoms with Crippen LogP contribution >= 0.6 is 0 Å². The quantitative estimate of drug-likeness (QED) is 0.165. The molecule has 0 fully saturated rings. The number of benzene rings is 9. The lowest BCUT2D eigenvalue weighted by Gasteiger charge is -2.46. The summed E-state index contributed by atoms with van der Waals surface area (Å²) >= 11 is 0. The zero-order valence-electron chi connectivity index (χ0n) is 43.0. The summed E-state index contributed by atoms with van der Waals surface area (Å²) < 4.78 is 6.64. The van der Waals surface area contributed by atoms with Crippen molar-refractivity contribution < 1.29 is 4.42 Å². The van der Waals surface area contributed by atoms with E-state index in [9.17, 15) is 0 Å². The number of hydrogen-bond donors (Lipinski definition) is 0. The van der Waals surface area contributed by atoms with Crippen LogP contribution in [0.15, 0.2) is 168 Å². The smallest absolute Gasteiger partial charge is 0.252 e. The van der Waals surface area contributed by atoms with Crippen LogP contribution in [0, 0.1) is 0 Å². The standard InChI is InChI=1S/C66H63BN2O/c1-63(2,3)44-34-45(64(4,5)6)37-48(36-44)68-56-31-43(42-25-28-53-52-23-17-18-24-58(52)70-59(53)33-42)32-57-60(56)67(54-29-26-40-19-13-15-21-50(40)61(54)68)55-30-27-41-20-14-16-22-51(41)62(55)69(57)49-38-46(65(7,8)9)35-47(39-49)66(10,11)12/h13-39H,1-12H3. The first kappa shape index (κ1) is 44.2. The summed E-state index contributed by atoms with van der Waals surface area (Å²) in [5.41, 5.74) is 20.2. The average Bonchev–Trinajstić information content (AvgIpc) is 3.70.